The predicted molar refractivity (Wildman–Crippen MR) is 34.5 cm³/mol. The van der Waals surface area contributed by atoms with Crippen LogP contribution in [0.25, 0.3) is 0 Å². The minimum Gasteiger partial charge on any atom is -1.00 e. The maximum atomic E-state index is 2.04. The van der Waals surface area contributed by atoms with Crippen LogP contribution >= 0.6 is 11.3 Å². The van der Waals surface area contributed by atoms with Crippen molar-refractivity contribution in [1.29, 1.82) is 0 Å². The number of hydrogen-bond donors (Lipinski definition) is 0. The van der Waals surface area contributed by atoms with Crippen molar-refractivity contribution >= 4 is 28.7 Å². The van der Waals surface area contributed by atoms with Crippen LogP contribution in [0.5, 0.6) is 0 Å². The SMILES string of the molecule is [Al+3].[H-].[H-].[H-].[H-].[Li+].c1ccsc1. The van der Waals surface area contributed by atoms with Crippen LogP contribution in [0.1, 0.15) is 5.71 Å². The van der Waals surface area contributed by atoms with Gasteiger partial charge in [-0.1, -0.05) is 12.1 Å². The molecule has 0 nitrogen and oxygen atoms in total. The molecule has 0 aliphatic carbocycles. The predicted octanol–water partition coefficient (Wildman–Crippen LogP) is -1.18. The molecule has 0 radical (unpaired) electrons. The van der Waals surface area contributed by atoms with E-state index in [1.54, 1.807) is 11.3 Å². The summed E-state index contributed by atoms with van der Waals surface area (Å²) in [4.78, 5) is 0. The third-order valence-electron chi connectivity index (χ3n) is 0.425. The summed E-state index contributed by atoms with van der Waals surface area (Å²) in [5.41, 5.74) is 0. The molecular formula is C4H8AlLiS. The minimum absolute atomic E-state index is 0. The van der Waals surface area contributed by atoms with Crippen LogP contribution in [-0.2, 0) is 0 Å². The minimum atomic E-state index is 0. The summed E-state index contributed by atoms with van der Waals surface area (Å²) >= 11 is 1.71. The van der Waals surface area contributed by atoms with Crippen molar-refractivity contribution in [3.63, 3.8) is 0 Å². The zero-order valence-electron chi connectivity index (χ0n) is 8.29. The van der Waals surface area contributed by atoms with Crippen molar-refractivity contribution in [2.75, 3.05) is 0 Å². The van der Waals surface area contributed by atoms with Crippen molar-refractivity contribution in [3.8, 4) is 0 Å². The Morgan fingerprint density at radius 1 is 1.14 bits per heavy atom. The molecule has 1 aromatic heterocycles. The maximum absolute atomic E-state index is 2.04. The van der Waals surface area contributed by atoms with Gasteiger partial charge in [-0.05, 0) is 10.8 Å². The number of rotatable bonds is 0. The second kappa shape index (κ2) is 6.83. The zero-order chi connectivity index (χ0) is 3.54. The van der Waals surface area contributed by atoms with Gasteiger partial charge in [0.2, 0.25) is 0 Å². The largest absolute Gasteiger partial charge is 3.00 e. The van der Waals surface area contributed by atoms with E-state index in [0.29, 0.717) is 0 Å². The monoisotopic (exact) mass is 122 g/mol. The van der Waals surface area contributed by atoms with E-state index in [2.05, 4.69) is 0 Å². The van der Waals surface area contributed by atoms with Gasteiger partial charge < -0.3 is 5.71 Å². The normalized spacial score (nSPS) is 5.71. The molecule has 7 heavy (non-hydrogen) atoms. The van der Waals surface area contributed by atoms with Gasteiger partial charge >= 0.3 is 36.2 Å². The van der Waals surface area contributed by atoms with Crippen molar-refractivity contribution in [2.24, 2.45) is 0 Å². The molecule has 0 N–H and O–H groups in total. The Labute approximate surface area is 76.2 Å². The fourth-order valence-corrected chi connectivity index (χ4v) is 0.680. The summed E-state index contributed by atoms with van der Waals surface area (Å²) in [5.74, 6) is 0. The van der Waals surface area contributed by atoms with Gasteiger partial charge in [-0.15, -0.1) is 0 Å². The molecule has 0 atom stereocenters. The topological polar surface area (TPSA) is 0 Å². The molecule has 0 aliphatic rings. The molecule has 0 saturated heterocycles. The number of hydrogen-bond acceptors (Lipinski definition) is 1. The summed E-state index contributed by atoms with van der Waals surface area (Å²) in [6, 6.07) is 4.04. The van der Waals surface area contributed by atoms with Gasteiger partial charge in [-0.2, -0.15) is 11.3 Å². The molecule has 1 rings (SSSR count). The van der Waals surface area contributed by atoms with Crippen LogP contribution < -0.4 is 18.9 Å². The molecule has 3 heteroatoms. The molecule has 0 fully saturated rings. The zero-order valence-corrected chi connectivity index (χ0v) is 6.27. The van der Waals surface area contributed by atoms with Crippen LogP contribution in [0, 0.1) is 0 Å². The molecule has 0 amide bonds. The molecule has 0 unspecified atom stereocenters. The Hall–Kier alpha value is 0.830. The summed E-state index contributed by atoms with van der Waals surface area (Å²) in [5, 5.41) is 4.08. The Kier molecular flexibility index (Phi) is 10.5. The van der Waals surface area contributed by atoms with Crippen LogP contribution in [0.3, 0.4) is 0 Å². The number of thiophene rings is 1. The molecule has 0 saturated carbocycles. The van der Waals surface area contributed by atoms with Crippen LogP contribution in [0.4, 0.5) is 0 Å². The van der Waals surface area contributed by atoms with E-state index < -0.39 is 0 Å². The Morgan fingerprint density at radius 2 is 1.57 bits per heavy atom. The van der Waals surface area contributed by atoms with Crippen molar-refractivity contribution < 1.29 is 24.6 Å². The Balaban J connectivity index is -0.0000000104. The molecule has 0 aliphatic heterocycles. The first-order valence-electron chi connectivity index (χ1n) is 1.47. The average Bonchev–Trinajstić information content (AvgIpc) is 1.76. The van der Waals surface area contributed by atoms with E-state index >= 15 is 0 Å². The first kappa shape index (κ1) is 10.7. The quantitative estimate of drug-likeness (QED) is 0.380. The van der Waals surface area contributed by atoms with E-state index in [-0.39, 0.29) is 41.9 Å². The van der Waals surface area contributed by atoms with Crippen LogP contribution in [0.2, 0.25) is 0 Å². The second-order valence-corrected chi connectivity index (χ2v) is 1.61. The molecule has 1 aromatic rings. The smallest absolute Gasteiger partial charge is 1.00 e. The van der Waals surface area contributed by atoms with Crippen molar-refractivity contribution in [1.82, 2.24) is 0 Å². The van der Waals surface area contributed by atoms with Gasteiger partial charge in [0.05, 0.1) is 0 Å². The van der Waals surface area contributed by atoms with Crippen molar-refractivity contribution in [3.05, 3.63) is 22.9 Å². The molecular weight excluding hydrogens is 114 g/mol. The fourth-order valence-electron chi connectivity index (χ4n) is 0.227. The van der Waals surface area contributed by atoms with Gasteiger partial charge in [-0.25, -0.2) is 0 Å². The van der Waals surface area contributed by atoms with Gasteiger partial charge in [0.15, 0.2) is 0 Å². The first-order valence-corrected chi connectivity index (χ1v) is 2.41. The molecule has 0 bridgehead atoms. The van der Waals surface area contributed by atoms with E-state index in [0.717, 1.165) is 0 Å². The summed E-state index contributed by atoms with van der Waals surface area (Å²) in [6.07, 6.45) is 0. The first-order chi connectivity index (χ1) is 2.50. The molecule has 34 valence electrons. The van der Waals surface area contributed by atoms with Gasteiger partial charge in [0.25, 0.3) is 0 Å². The summed E-state index contributed by atoms with van der Waals surface area (Å²) in [6.45, 7) is 0. The van der Waals surface area contributed by atoms with E-state index in [1.807, 2.05) is 22.9 Å². The third kappa shape index (κ3) is 4.69. The molecule has 0 aromatic carbocycles. The third-order valence-corrected chi connectivity index (χ3v) is 1.05. The molecule has 0 spiro atoms. The van der Waals surface area contributed by atoms with Gasteiger partial charge in [0, 0.05) is 0 Å². The molecule has 1 heterocycles. The van der Waals surface area contributed by atoms with E-state index in [4.69, 9.17) is 0 Å². The van der Waals surface area contributed by atoms with Crippen molar-refractivity contribution in [2.45, 2.75) is 0 Å². The second-order valence-electron chi connectivity index (χ2n) is 0.793. The summed E-state index contributed by atoms with van der Waals surface area (Å²) in [7, 11) is 0. The van der Waals surface area contributed by atoms with Gasteiger partial charge in [0.1, 0.15) is 0 Å². The van der Waals surface area contributed by atoms with Crippen LogP contribution in [0.15, 0.2) is 22.9 Å². The van der Waals surface area contributed by atoms with E-state index in [9.17, 15) is 0 Å². The van der Waals surface area contributed by atoms with Crippen LogP contribution in [-0.4, -0.2) is 17.4 Å². The average molecular weight is 122 g/mol. The van der Waals surface area contributed by atoms with Gasteiger partial charge in [-0.3, -0.25) is 0 Å². The summed E-state index contributed by atoms with van der Waals surface area (Å²) < 4.78 is 0. The Bertz CT molecular complexity index is 78.6. The fraction of sp³-hybridized carbons (Fsp3) is 0. The Morgan fingerprint density at radius 3 is 1.71 bits per heavy atom. The standard InChI is InChI=1S/C4H4S.Al.Li.4H/c1-2-4-5-3-1;;;;;;/h1-4H;;;;;;/q;+3;+1;4*-1. The van der Waals surface area contributed by atoms with E-state index in [1.165, 1.54) is 0 Å². The maximum Gasteiger partial charge on any atom is 3.00 e.